The van der Waals surface area contributed by atoms with Gasteiger partial charge in [0.05, 0.1) is 0 Å². The van der Waals surface area contributed by atoms with E-state index in [0.29, 0.717) is 5.82 Å². The number of H-pyrrole nitrogens is 1. The number of aryl methyl sites for hydroxylation is 1. The van der Waals surface area contributed by atoms with E-state index in [1.54, 1.807) is 0 Å². The molecule has 14 heavy (non-hydrogen) atoms. The Hall–Kier alpha value is -1.97. The van der Waals surface area contributed by atoms with Crippen LogP contribution in [0.25, 0.3) is 22.1 Å². The van der Waals surface area contributed by atoms with E-state index in [1.165, 1.54) is 0 Å². The fourth-order valence-electron chi connectivity index (χ4n) is 1.60. The van der Waals surface area contributed by atoms with Crippen molar-refractivity contribution in [2.24, 2.45) is 0 Å². The van der Waals surface area contributed by atoms with Crippen LogP contribution >= 0.6 is 0 Å². The van der Waals surface area contributed by atoms with Gasteiger partial charge in [-0.2, -0.15) is 0 Å². The predicted octanol–water partition coefficient (Wildman–Crippen LogP) is 1.81. The smallest absolute Gasteiger partial charge is 0.161 e. The van der Waals surface area contributed by atoms with Crippen molar-refractivity contribution in [3.63, 3.8) is 0 Å². The molecule has 0 spiro atoms. The van der Waals surface area contributed by atoms with Crippen LogP contribution < -0.4 is 0 Å². The van der Waals surface area contributed by atoms with E-state index in [-0.39, 0.29) is 0 Å². The lowest BCUT2D eigenvalue weighted by Gasteiger charge is -1.89. The summed E-state index contributed by atoms with van der Waals surface area (Å²) in [4.78, 5) is 7.49. The van der Waals surface area contributed by atoms with E-state index in [9.17, 15) is 0 Å². The number of hydrogen-bond acceptors (Lipinski definition) is 3. The molecule has 2 heterocycles. The largest absolute Gasteiger partial charge is 0.338 e. The maximum Gasteiger partial charge on any atom is 0.161 e. The molecular weight excluding hydrogens is 176 g/mol. The Kier molecular flexibility index (Phi) is 1.33. The van der Waals surface area contributed by atoms with E-state index in [4.69, 9.17) is 0 Å². The molecule has 1 N–H and O–H groups in total. The lowest BCUT2D eigenvalue weighted by molar-refractivity contribution is 0.950. The van der Waals surface area contributed by atoms with Gasteiger partial charge >= 0.3 is 0 Å². The van der Waals surface area contributed by atoms with Crippen molar-refractivity contribution < 1.29 is 0 Å². The first-order valence-corrected chi connectivity index (χ1v) is 4.42. The third-order valence-corrected chi connectivity index (χ3v) is 2.23. The predicted molar refractivity (Wildman–Crippen MR) is 53.9 cm³/mol. The highest BCUT2D eigenvalue weighted by molar-refractivity contribution is 6.02. The van der Waals surface area contributed by atoms with Crippen molar-refractivity contribution in [3.8, 4) is 0 Å². The summed E-state index contributed by atoms with van der Waals surface area (Å²) < 4.78 is 0. The van der Waals surface area contributed by atoms with Crippen molar-refractivity contribution in [2.45, 2.75) is 6.92 Å². The lowest BCUT2D eigenvalue weighted by atomic mass is 10.2. The summed E-state index contributed by atoms with van der Waals surface area (Å²) in [5, 5.41) is 9.15. The number of hydrogen-bond donors (Lipinski definition) is 1. The second-order valence-corrected chi connectivity index (χ2v) is 3.23. The fraction of sp³-hybridized carbons (Fsp3) is 0.100. The molecule has 0 saturated carbocycles. The average Bonchev–Trinajstić information content (AvgIpc) is 2.54. The third-order valence-electron chi connectivity index (χ3n) is 2.23. The molecule has 0 aliphatic rings. The normalized spacial score (nSPS) is 11.2. The Balaban J connectivity index is 2.57. The van der Waals surface area contributed by atoms with Gasteiger partial charge in [-0.05, 0) is 13.0 Å². The van der Waals surface area contributed by atoms with Crippen LogP contribution in [0.3, 0.4) is 0 Å². The minimum Gasteiger partial charge on any atom is -0.338 e. The van der Waals surface area contributed by atoms with Gasteiger partial charge in [0.25, 0.3) is 0 Å². The summed E-state index contributed by atoms with van der Waals surface area (Å²) in [6.45, 7) is 1.83. The Morgan fingerprint density at radius 2 is 2.00 bits per heavy atom. The summed E-state index contributed by atoms with van der Waals surface area (Å²) in [6, 6.07) is 7.99. The van der Waals surface area contributed by atoms with Crippen molar-refractivity contribution in [2.75, 3.05) is 0 Å². The van der Waals surface area contributed by atoms with Crippen LogP contribution in [0.1, 0.15) is 5.82 Å². The highest BCUT2D eigenvalue weighted by Gasteiger charge is 2.05. The molecule has 0 unspecified atom stereocenters. The monoisotopic (exact) mass is 184 g/mol. The first-order chi connectivity index (χ1) is 6.84. The Labute approximate surface area is 80.0 Å². The van der Waals surface area contributed by atoms with Gasteiger partial charge in [-0.3, -0.25) is 0 Å². The maximum absolute atomic E-state index is 4.28. The van der Waals surface area contributed by atoms with E-state index >= 15 is 0 Å². The van der Waals surface area contributed by atoms with Crippen molar-refractivity contribution in [1.82, 2.24) is 20.2 Å². The van der Waals surface area contributed by atoms with E-state index in [0.717, 1.165) is 22.1 Å². The van der Waals surface area contributed by atoms with Crippen LogP contribution in [0, 0.1) is 6.92 Å². The summed E-state index contributed by atoms with van der Waals surface area (Å²) in [6.07, 6.45) is 0. The summed E-state index contributed by atoms with van der Waals surface area (Å²) in [5.74, 6) is 0.684. The van der Waals surface area contributed by atoms with Gasteiger partial charge in [-0.1, -0.05) is 18.2 Å². The minimum atomic E-state index is 0.684. The Morgan fingerprint density at radius 3 is 2.93 bits per heavy atom. The topological polar surface area (TPSA) is 54.5 Å². The number of rotatable bonds is 0. The molecule has 0 bridgehead atoms. The van der Waals surface area contributed by atoms with Crippen molar-refractivity contribution >= 4 is 22.1 Å². The third kappa shape index (κ3) is 0.907. The molecule has 0 amide bonds. The fourth-order valence-corrected chi connectivity index (χ4v) is 1.60. The molecule has 0 atom stereocenters. The van der Waals surface area contributed by atoms with Crippen LogP contribution in [-0.4, -0.2) is 20.2 Å². The Bertz CT molecular complexity index is 612. The lowest BCUT2D eigenvalue weighted by Crippen LogP contribution is -1.90. The molecule has 1 aromatic carbocycles. The quantitative estimate of drug-likeness (QED) is 0.579. The molecule has 3 rings (SSSR count). The van der Waals surface area contributed by atoms with E-state index < -0.39 is 0 Å². The SMILES string of the molecule is Cc1nnc2c(n1)[nH]c1ccccc12. The number of fused-ring (bicyclic) bond motifs is 3. The molecule has 4 heteroatoms. The highest BCUT2D eigenvalue weighted by atomic mass is 15.2. The Morgan fingerprint density at radius 1 is 1.14 bits per heavy atom. The molecule has 3 aromatic rings. The minimum absolute atomic E-state index is 0.684. The highest BCUT2D eigenvalue weighted by Crippen LogP contribution is 2.20. The molecule has 0 fully saturated rings. The van der Waals surface area contributed by atoms with Crippen molar-refractivity contribution in [3.05, 3.63) is 30.1 Å². The summed E-state index contributed by atoms with van der Waals surface area (Å²) in [7, 11) is 0. The molecule has 0 radical (unpaired) electrons. The van der Waals surface area contributed by atoms with Crippen LogP contribution in [0.2, 0.25) is 0 Å². The molecule has 0 saturated heterocycles. The number of aromatic nitrogens is 4. The standard InChI is InChI=1S/C10H8N4/c1-6-11-10-9(14-13-6)7-4-2-3-5-8(7)12-10/h2-5H,1H3,(H,11,12,13). The van der Waals surface area contributed by atoms with Crippen LogP contribution in [-0.2, 0) is 0 Å². The van der Waals surface area contributed by atoms with Gasteiger partial charge in [-0.25, -0.2) is 4.98 Å². The first kappa shape index (κ1) is 7.44. The molecule has 4 nitrogen and oxygen atoms in total. The number of nitrogens with one attached hydrogen (secondary N) is 1. The van der Waals surface area contributed by atoms with Gasteiger partial charge in [0.15, 0.2) is 5.65 Å². The second-order valence-electron chi connectivity index (χ2n) is 3.23. The zero-order chi connectivity index (χ0) is 9.54. The summed E-state index contributed by atoms with van der Waals surface area (Å²) in [5.41, 5.74) is 2.69. The summed E-state index contributed by atoms with van der Waals surface area (Å²) >= 11 is 0. The van der Waals surface area contributed by atoms with Gasteiger partial charge in [-0.15, -0.1) is 10.2 Å². The number of nitrogens with zero attached hydrogens (tertiary/aromatic N) is 3. The van der Waals surface area contributed by atoms with E-state index in [1.807, 2.05) is 31.2 Å². The average molecular weight is 184 g/mol. The second kappa shape index (κ2) is 2.51. The van der Waals surface area contributed by atoms with Crippen LogP contribution in [0.4, 0.5) is 0 Å². The van der Waals surface area contributed by atoms with Crippen molar-refractivity contribution in [1.29, 1.82) is 0 Å². The zero-order valence-electron chi connectivity index (χ0n) is 7.65. The number of aromatic amines is 1. The van der Waals surface area contributed by atoms with Crippen LogP contribution in [0.5, 0.6) is 0 Å². The number of benzene rings is 1. The van der Waals surface area contributed by atoms with Crippen LogP contribution in [0.15, 0.2) is 24.3 Å². The number of para-hydroxylation sites is 1. The first-order valence-electron chi connectivity index (χ1n) is 4.42. The molecular formula is C10H8N4. The van der Waals surface area contributed by atoms with Gasteiger partial charge in [0, 0.05) is 10.9 Å². The molecule has 2 aromatic heterocycles. The molecule has 0 aliphatic heterocycles. The van der Waals surface area contributed by atoms with Gasteiger partial charge in [0.1, 0.15) is 11.3 Å². The van der Waals surface area contributed by atoms with E-state index in [2.05, 4.69) is 20.2 Å². The zero-order valence-corrected chi connectivity index (χ0v) is 7.65. The molecule has 68 valence electrons. The molecule has 0 aliphatic carbocycles. The van der Waals surface area contributed by atoms with Gasteiger partial charge in [0.2, 0.25) is 0 Å². The van der Waals surface area contributed by atoms with Gasteiger partial charge < -0.3 is 4.98 Å². The maximum atomic E-state index is 4.28.